The fourth-order valence-corrected chi connectivity index (χ4v) is 6.96. The normalized spacial score (nSPS) is 33.1. The fourth-order valence-electron chi connectivity index (χ4n) is 6.96. The molecule has 2 N–H and O–H groups in total. The smallest absolute Gasteiger partial charge is 0.335 e. The highest BCUT2D eigenvalue weighted by molar-refractivity contribution is 5.88. The average Bonchev–Trinajstić information content (AvgIpc) is 3.23. The molecule has 2 aromatic rings. The number of fused-ring (bicyclic) bond motifs is 1. The van der Waals surface area contributed by atoms with E-state index >= 15 is 0 Å². The van der Waals surface area contributed by atoms with E-state index < -0.39 is 5.97 Å². The second-order valence-electron chi connectivity index (χ2n) is 9.32. The summed E-state index contributed by atoms with van der Waals surface area (Å²) in [4.78, 5) is 11.4. The van der Waals surface area contributed by atoms with Crippen molar-refractivity contribution in [2.24, 2.45) is 17.8 Å². The van der Waals surface area contributed by atoms with Crippen LogP contribution in [0.25, 0.3) is 5.69 Å². The number of carboxylic acids is 1. The predicted molar refractivity (Wildman–Crippen MR) is 103 cm³/mol. The first-order valence-corrected chi connectivity index (χ1v) is 10.3. The van der Waals surface area contributed by atoms with E-state index in [1.165, 1.54) is 49.8 Å². The van der Waals surface area contributed by atoms with Crippen LogP contribution in [-0.2, 0) is 11.8 Å². The number of nitrogens with one attached hydrogen (secondary N) is 1. The molecule has 5 aliphatic rings. The van der Waals surface area contributed by atoms with Gasteiger partial charge >= 0.3 is 5.97 Å². The molecule has 4 bridgehead atoms. The SMILES string of the molecule is O=C(O)c1cccc(-n2nc(C34CC5CC(CC(C5)C3)C4)c3c2NCC3)c1. The van der Waals surface area contributed by atoms with E-state index in [0.717, 1.165) is 42.2 Å². The third-order valence-corrected chi connectivity index (χ3v) is 7.53. The van der Waals surface area contributed by atoms with Crippen LogP contribution in [-0.4, -0.2) is 27.4 Å². The van der Waals surface area contributed by atoms with Crippen molar-refractivity contribution >= 4 is 11.8 Å². The molecule has 0 radical (unpaired) electrons. The summed E-state index contributed by atoms with van der Waals surface area (Å²) in [5.41, 5.74) is 4.13. The Hall–Kier alpha value is -2.30. The van der Waals surface area contributed by atoms with Gasteiger partial charge in [-0.05, 0) is 80.9 Å². The minimum absolute atomic E-state index is 0.264. The summed E-state index contributed by atoms with van der Waals surface area (Å²) >= 11 is 0. The number of aromatic carboxylic acids is 1. The molecule has 140 valence electrons. The van der Waals surface area contributed by atoms with Crippen molar-refractivity contribution in [3.05, 3.63) is 41.1 Å². The van der Waals surface area contributed by atoms with Gasteiger partial charge in [0, 0.05) is 17.5 Å². The van der Waals surface area contributed by atoms with Crippen LogP contribution >= 0.6 is 0 Å². The lowest BCUT2D eigenvalue weighted by atomic mass is 9.48. The molecule has 1 aromatic carbocycles. The topological polar surface area (TPSA) is 67.1 Å². The Labute approximate surface area is 158 Å². The zero-order valence-corrected chi connectivity index (χ0v) is 15.4. The molecule has 0 saturated heterocycles. The van der Waals surface area contributed by atoms with Crippen molar-refractivity contribution in [2.75, 3.05) is 11.9 Å². The Bertz CT molecular complexity index is 910. The van der Waals surface area contributed by atoms with Crippen LogP contribution < -0.4 is 5.32 Å². The Kier molecular flexibility index (Phi) is 3.13. The second-order valence-corrected chi connectivity index (χ2v) is 9.32. The first-order valence-electron chi connectivity index (χ1n) is 10.3. The summed E-state index contributed by atoms with van der Waals surface area (Å²) in [7, 11) is 0. The lowest BCUT2D eigenvalue weighted by molar-refractivity contribution is -0.00770. The number of hydrogen-bond acceptors (Lipinski definition) is 3. The molecule has 7 rings (SSSR count). The molecule has 5 heteroatoms. The maximum atomic E-state index is 11.4. The molecule has 4 saturated carbocycles. The molecule has 0 atom stereocenters. The van der Waals surface area contributed by atoms with Crippen LogP contribution in [0.3, 0.4) is 0 Å². The molecule has 0 spiro atoms. The van der Waals surface area contributed by atoms with Crippen LogP contribution in [0.15, 0.2) is 24.3 Å². The van der Waals surface area contributed by atoms with Gasteiger partial charge in [-0.1, -0.05) is 6.07 Å². The number of aromatic nitrogens is 2. The van der Waals surface area contributed by atoms with Gasteiger partial charge in [-0.3, -0.25) is 0 Å². The van der Waals surface area contributed by atoms with Crippen molar-refractivity contribution < 1.29 is 9.90 Å². The monoisotopic (exact) mass is 363 g/mol. The molecule has 0 amide bonds. The third-order valence-electron chi connectivity index (χ3n) is 7.53. The van der Waals surface area contributed by atoms with Crippen molar-refractivity contribution in [3.63, 3.8) is 0 Å². The number of carboxylic acid groups (broad SMARTS) is 1. The largest absolute Gasteiger partial charge is 0.478 e. The van der Waals surface area contributed by atoms with E-state index in [1.807, 2.05) is 16.8 Å². The highest BCUT2D eigenvalue weighted by Crippen LogP contribution is 2.61. The highest BCUT2D eigenvalue weighted by atomic mass is 16.4. The van der Waals surface area contributed by atoms with Gasteiger partial charge in [0.2, 0.25) is 0 Å². The molecule has 5 nitrogen and oxygen atoms in total. The standard InChI is InChI=1S/C22H25N3O2/c26-21(27)16-2-1-3-17(9-16)25-20-18(4-5-23-20)19(24-25)22-10-13-6-14(11-22)8-15(7-13)12-22/h1-3,9,13-15,23H,4-8,10-12H2,(H,26,27). The summed E-state index contributed by atoms with van der Waals surface area (Å²) in [6.45, 7) is 0.950. The maximum absolute atomic E-state index is 11.4. The van der Waals surface area contributed by atoms with Crippen molar-refractivity contribution in [2.45, 2.75) is 50.4 Å². The van der Waals surface area contributed by atoms with E-state index in [-0.39, 0.29) is 5.41 Å². The molecule has 1 aromatic heterocycles. The fraction of sp³-hybridized carbons (Fsp3) is 0.545. The Morgan fingerprint density at radius 2 is 1.85 bits per heavy atom. The third kappa shape index (κ3) is 2.23. The van der Waals surface area contributed by atoms with Gasteiger partial charge in [0.25, 0.3) is 0 Å². The van der Waals surface area contributed by atoms with Crippen LogP contribution in [0.2, 0.25) is 0 Å². The highest BCUT2D eigenvalue weighted by Gasteiger charge is 2.54. The summed E-state index contributed by atoms with van der Waals surface area (Å²) in [5.74, 6) is 2.86. The van der Waals surface area contributed by atoms with Gasteiger partial charge in [0.1, 0.15) is 5.82 Å². The molecule has 2 heterocycles. The number of carbonyl (C=O) groups is 1. The second kappa shape index (κ2) is 5.37. The molecule has 1 aliphatic heterocycles. The zero-order chi connectivity index (χ0) is 18.2. The lowest BCUT2D eigenvalue weighted by Gasteiger charge is -2.56. The van der Waals surface area contributed by atoms with Gasteiger partial charge in [-0.25, -0.2) is 9.48 Å². The minimum Gasteiger partial charge on any atom is -0.478 e. The lowest BCUT2D eigenvalue weighted by Crippen LogP contribution is -2.49. The summed E-state index contributed by atoms with van der Waals surface area (Å²) < 4.78 is 1.97. The average molecular weight is 363 g/mol. The van der Waals surface area contributed by atoms with E-state index in [9.17, 15) is 9.90 Å². The van der Waals surface area contributed by atoms with E-state index in [4.69, 9.17) is 5.10 Å². The molecule has 4 fully saturated rings. The zero-order valence-electron chi connectivity index (χ0n) is 15.4. The van der Waals surface area contributed by atoms with Crippen LogP contribution in [0, 0.1) is 17.8 Å². The van der Waals surface area contributed by atoms with E-state index in [2.05, 4.69) is 5.32 Å². The molecular weight excluding hydrogens is 338 g/mol. The Morgan fingerprint density at radius 1 is 1.15 bits per heavy atom. The Balaban J connectivity index is 1.48. The van der Waals surface area contributed by atoms with Crippen LogP contribution in [0.4, 0.5) is 5.82 Å². The Morgan fingerprint density at radius 3 is 2.52 bits per heavy atom. The number of hydrogen-bond donors (Lipinski definition) is 2. The van der Waals surface area contributed by atoms with Crippen LogP contribution in [0.5, 0.6) is 0 Å². The van der Waals surface area contributed by atoms with Crippen molar-refractivity contribution in [1.29, 1.82) is 0 Å². The predicted octanol–water partition coefficient (Wildman–Crippen LogP) is 4.01. The number of anilines is 1. The first-order chi connectivity index (χ1) is 13.1. The van der Waals surface area contributed by atoms with Gasteiger partial charge in [0.15, 0.2) is 0 Å². The van der Waals surface area contributed by atoms with Crippen molar-refractivity contribution in [3.8, 4) is 5.69 Å². The van der Waals surface area contributed by atoms with E-state index in [1.54, 1.807) is 12.1 Å². The van der Waals surface area contributed by atoms with Gasteiger partial charge in [-0.15, -0.1) is 0 Å². The maximum Gasteiger partial charge on any atom is 0.335 e. The van der Waals surface area contributed by atoms with Gasteiger partial charge in [0.05, 0.1) is 16.9 Å². The minimum atomic E-state index is -0.894. The molecule has 27 heavy (non-hydrogen) atoms. The molecule has 0 unspecified atom stereocenters. The van der Waals surface area contributed by atoms with Crippen LogP contribution in [0.1, 0.15) is 60.1 Å². The number of benzene rings is 1. The molecular formula is C22H25N3O2. The summed E-state index contributed by atoms with van der Waals surface area (Å²) in [6, 6.07) is 7.15. The first kappa shape index (κ1) is 15.7. The number of nitrogens with zero attached hydrogens (tertiary/aromatic N) is 2. The quantitative estimate of drug-likeness (QED) is 0.865. The summed E-state index contributed by atoms with van der Waals surface area (Å²) in [6.07, 6.45) is 9.24. The number of rotatable bonds is 3. The van der Waals surface area contributed by atoms with Gasteiger partial charge in [-0.2, -0.15) is 5.10 Å². The summed E-state index contributed by atoms with van der Waals surface area (Å²) in [5, 5.41) is 18.0. The van der Waals surface area contributed by atoms with Gasteiger partial charge < -0.3 is 10.4 Å². The molecule has 4 aliphatic carbocycles. The van der Waals surface area contributed by atoms with Crippen molar-refractivity contribution in [1.82, 2.24) is 9.78 Å². The van der Waals surface area contributed by atoms with E-state index in [0.29, 0.717) is 5.56 Å².